The minimum absolute atomic E-state index is 0.0933. The van der Waals surface area contributed by atoms with Crippen molar-refractivity contribution in [1.82, 2.24) is 5.32 Å². The van der Waals surface area contributed by atoms with Gasteiger partial charge in [0.15, 0.2) is 11.5 Å². The van der Waals surface area contributed by atoms with Gasteiger partial charge in [-0.2, -0.15) is 0 Å². The molecule has 0 aliphatic heterocycles. The van der Waals surface area contributed by atoms with Crippen molar-refractivity contribution in [3.8, 4) is 11.5 Å². The molecule has 1 saturated carbocycles. The first-order valence-corrected chi connectivity index (χ1v) is 7.77. The van der Waals surface area contributed by atoms with E-state index in [4.69, 9.17) is 9.47 Å². The molecule has 0 spiro atoms. The number of nitrogens with one attached hydrogen (secondary N) is 1. The van der Waals surface area contributed by atoms with Crippen molar-refractivity contribution in [2.24, 2.45) is 0 Å². The number of rotatable bonds is 6. The molecule has 0 unspecified atom stereocenters. The Morgan fingerprint density at radius 2 is 1.81 bits per heavy atom. The van der Waals surface area contributed by atoms with E-state index in [1.54, 1.807) is 14.2 Å². The average Bonchev–Trinajstić information content (AvgIpc) is 2.49. The molecule has 1 fully saturated rings. The predicted molar refractivity (Wildman–Crippen MR) is 84.1 cm³/mol. The summed E-state index contributed by atoms with van der Waals surface area (Å²) in [4.78, 5) is 0. The molecule has 2 rings (SSSR count). The van der Waals surface area contributed by atoms with E-state index in [9.17, 15) is 5.11 Å². The van der Waals surface area contributed by atoms with Gasteiger partial charge in [0.2, 0.25) is 0 Å². The molecule has 4 nitrogen and oxygen atoms in total. The molecule has 0 amide bonds. The van der Waals surface area contributed by atoms with Gasteiger partial charge in [0, 0.05) is 12.1 Å². The molecule has 1 aromatic carbocycles. The lowest BCUT2D eigenvalue weighted by molar-refractivity contribution is 0.114. The highest BCUT2D eigenvalue weighted by molar-refractivity contribution is 5.43. The van der Waals surface area contributed by atoms with Crippen LogP contribution in [0.3, 0.4) is 0 Å². The highest BCUT2D eigenvalue weighted by Gasteiger charge is 2.20. The Morgan fingerprint density at radius 1 is 1.14 bits per heavy atom. The molecular weight excluding hydrogens is 266 g/mol. The van der Waals surface area contributed by atoms with Crippen molar-refractivity contribution in [2.45, 2.75) is 57.2 Å². The molecule has 2 N–H and O–H groups in total. The van der Waals surface area contributed by atoms with Crippen LogP contribution >= 0.6 is 0 Å². The summed E-state index contributed by atoms with van der Waals surface area (Å²) in [7, 11) is 3.32. The van der Waals surface area contributed by atoms with Crippen molar-refractivity contribution >= 4 is 0 Å². The molecule has 21 heavy (non-hydrogen) atoms. The Morgan fingerprint density at radius 3 is 2.43 bits per heavy atom. The van der Waals surface area contributed by atoms with Gasteiger partial charge in [-0.25, -0.2) is 0 Å². The molecule has 0 aromatic heterocycles. The maximum Gasteiger partial charge on any atom is 0.160 e. The number of hydrogen-bond donors (Lipinski definition) is 2. The first-order chi connectivity index (χ1) is 10.1. The molecule has 1 aliphatic rings. The molecular formula is C17H27NO3. The summed E-state index contributed by atoms with van der Waals surface area (Å²) in [5, 5.41) is 13.2. The third-order valence-electron chi connectivity index (χ3n) is 4.21. The number of benzene rings is 1. The fourth-order valence-electron chi connectivity index (χ4n) is 3.06. The zero-order valence-electron chi connectivity index (χ0n) is 13.3. The van der Waals surface area contributed by atoms with Crippen LogP contribution < -0.4 is 14.8 Å². The van der Waals surface area contributed by atoms with Gasteiger partial charge in [0.05, 0.1) is 20.3 Å². The maximum atomic E-state index is 9.55. The zero-order chi connectivity index (χ0) is 15.2. The van der Waals surface area contributed by atoms with E-state index in [1.807, 2.05) is 12.1 Å². The third kappa shape index (κ3) is 4.61. The quantitative estimate of drug-likeness (QED) is 0.846. The van der Waals surface area contributed by atoms with Gasteiger partial charge >= 0.3 is 0 Å². The van der Waals surface area contributed by atoms with Gasteiger partial charge in [-0.3, -0.25) is 0 Å². The molecule has 118 valence electrons. The van der Waals surface area contributed by atoms with Crippen LogP contribution in [0.1, 0.15) is 38.2 Å². The Balaban J connectivity index is 1.88. The topological polar surface area (TPSA) is 50.7 Å². The van der Waals surface area contributed by atoms with Crippen LogP contribution in [0.5, 0.6) is 11.5 Å². The van der Waals surface area contributed by atoms with E-state index < -0.39 is 0 Å². The summed E-state index contributed by atoms with van der Waals surface area (Å²) < 4.78 is 10.6. The van der Waals surface area contributed by atoms with Gasteiger partial charge < -0.3 is 19.9 Å². The van der Waals surface area contributed by atoms with Crippen LogP contribution in [0.2, 0.25) is 0 Å². The Kier molecular flexibility index (Phi) is 5.88. The lowest BCUT2D eigenvalue weighted by Gasteiger charge is -2.29. The van der Waals surface area contributed by atoms with Gasteiger partial charge in [0.1, 0.15) is 0 Å². The molecule has 1 atom stereocenters. The summed E-state index contributed by atoms with van der Waals surface area (Å²) in [5.74, 6) is 1.55. The van der Waals surface area contributed by atoms with E-state index in [1.165, 1.54) is 5.56 Å². The number of aliphatic hydroxyl groups excluding tert-OH is 1. The molecule has 0 radical (unpaired) electrons. The Hall–Kier alpha value is -1.26. The fourth-order valence-corrected chi connectivity index (χ4v) is 3.06. The van der Waals surface area contributed by atoms with E-state index in [0.29, 0.717) is 12.1 Å². The highest BCUT2D eigenvalue weighted by atomic mass is 16.5. The maximum absolute atomic E-state index is 9.55. The van der Waals surface area contributed by atoms with Crippen molar-refractivity contribution in [1.29, 1.82) is 0 Å². The second kappa shape index (κ2) is 7.66. The second-order valence-electron chi connectivity index (χ2n) is 5.97. The van der Waals surface area contributed by atoms with Crippen molar-refractivity contribution in [3.05, 3.63) is 23.8 Å². The van der Waals surface area contributed by atoms with Crippen LogP contribution in [0.25, 0.3) is 0 Å². The van der Waals surface area contributed by atoms with Crippen LogP contribution in [-0.4, -0.2) is 37.5 Å². The molecule has 0 bridgehead atoms. The molecule has 4 heteroatoms. The highest BCUT2D eigenvalue weighted by Crippen LogP contribution is 2.28. The first kappa shape index (κ1) is 16.1. The van der Waals surface area contributed by atoms with Crippen LogP contribution in [-0.2, 0) is 6.42 Å². The fraction of sp³-hybridized carbons (Fsp3) is 0.647. The summed E-state index contributed by atoms with van der Waals surface area (Å²) >= 11 is 0. The average molecular weight is 293 g/mol. The zero-order valence-corrected chi connectivity index (χ0v) is 13.3. The monoisotopic (exact) mass is 293 g/mol. The number of methoxy groups -OCH3 is 2. The smallest absolute Gasteiger partial charge is 0.160 e. The SMILES string of the molecule is COc1ccc(C[C@H](C)NC2CCC(O)CC2)cc1OC. The third-order valence-corrected chi connectivity index (χ3v) is 4.21. The van der Waals surface area contributed by atoms with E-state index in [2.05, 4.69) is 18.3 Å². The van der Waals surface area contributed by atoms with Crippen LogP contribution in [0.4, 0.5) is 0 Å². The summed E-state index contributed by atoms with van der Waals surface area (Å²) in [6, 6.07) is 7.02. The lowest BCUT2D eigenvalue weighted by Crippen LogP contribution is -2.40. The summed E-state index contributed by atoms with van der Waals surface area (Å²) in [5.41, 5.74) is 1.24. The van der Waals surface area contributed by atoms with Crippen molar-refractivity contribution < 1.29 is 14.6 Å². The normalized spacial score (nSPS) is 23.6. The van der Waals surface area contributed by atoms with Gasteiger partial charge in [-0.15, -0.1) is 0 Å². The molecule has 1 aliphatic carbocycles. The Labute approximate surface area is 127 Å². The van der Waals surface area contributed by atoms with E-state index >= 15 is 0 Å². The van der Waals surface area contributed by atoms with Crippen LogP contribution in [0, 0.1) is 0 Å². The van der Waals surface area contributed by atoms with Crippen molar-refractivity contribution in [2.75, 3.05) is 14.2 Å². The van der Waals surface area contributed by atoms with Crippen molar-refractivity contribution in [3.63, 3.8) is 0 Å². The minimum atomic E-state index is -0.0933. The lowest BCUT2D eigenvalue weighted by atomic mass is 9.92. The minimum Gasteiger partial charge on any atom is -0.493 e. The number of hydrogen-bond acceptors (Lipinski definition) is 4. The summed E-state index contributed by atoms with van der Waals surface area (Å²) in [6.45, 7) is 2.21. The van der Waals surface area contributed by atoms with Gasteiger partial charge in [-0.1, -0.05) is 6.07 Å². The predicted octanol–water partition coefficient (Wildman–Crippen LogP) is 2.53. The first-order valence-electron chi connectivity index (χ1n) is 7.77. The largest absolute Gasteiger partial charge is 0.493 e. The van der Waals surface area contributed by atoms with E-state index in [0.717, 1.165) is 43.6 Å². The Bertz CT molecular complexity index is 442. The summed E-state index contributed by atoms with van der Waals surface area (Å²) in [6.07, 6.45) is 4.83. The van der Waals surface area contributed by atoms with Gasteiger partial charge in [-0.05, 0) is 56.7 Å². The second-order valence-corrected chi connectivity index (χ2v) is 5.97. The molecule has 0 saturated heterocycles. The van der Waals surface area contributed by atoms with Gasteiger partial charge in [0.25, 0.3) is 0 Å². The van der Waals surface area contributed by atoms with Crippen LogP contribution in [0.15, 0.2) is 18.2 Å². The standard InChI is InChI=1S/C17H27NO3/c1-12(18-14-5-7-15(19)8-6-14)10-13-4-9-16(20-2)17(11-13)21-3/h4,9,11-12,14-15,18-19H,5-8,10H2,1-3H3/t12-,14?,15?/m0/s1. The molecule has 0 heterocycles. The van der Waals surface area contributed by atoms with E-state index in [-0.39, 0.29) is 6.10 Å². The molecule has 1 aromatic rings. The number of ether oxygens (including phenoxy) is 2. The number of aliphatic hydroxyl groups is 1.